The van der Waals surface area contributed by atoms with Crippen LogP contribution in [-0.4, -0.2) is 75.4 Å². The monoisotopic (exact) mass is 477 g/mol. The first kappa shape index (κ1) is 22.9. The molecule has 1 aromatic rings. The van der Waals surface area contributed by atoms with Gasteiger partial charge in [0.1, 0.15) is 30.5 Å². The van der Waals surface area contributed by atoms with E-state index in [1.54, 1.807) is 0 Å². The van der Waals surface area contributed by atoms with Crippen LogP contribution in [0.25, 0.3) is 0 Å². The molecule has 3 heterocycles. The van der Waals surface area contributed by atoms with Crippen molar-refractivity contribution < 1.29 is 47.3 Å². The second-order valence-corrected chi connectivity index (χ2v) is 7.31. The first-order chi connectivity index (χ1) is 13.4. The number of oxime groups is 1. The number of carbonyl (C=O) groups excluding carboxylic acids is 4. The number of anilines is 1. The number of hydrogen-bond acceptors (Lipinski definition) is 12. The summed E-state index contributed by atoms with van der Waals surface area (Å²) < 4.78 is 8.56. The summed E-state index contributed by atoms with van der Waals surface area (Å²) in [6.07, 6.45) is 0.510. The Balaban J connectivity index is 0.00000300. The normalized spacial score (nSPS) is 20.8. The summed E-state index contributed by atoms with van der Waals surface area (Å²) in [5, 5.41) is 5.68. The van der Waals surface area contributed by atoms with Crippen LogP contribution in [0.4, 0.5) is 5.13 Å². The third kappa shape index (κ3) is 4.15. The van der Waals surface area contributed by atoms with Gasteiger partial charge in [-0.3, -0.25) is 19.3 Å². The summed E-state index contributed by atoms with van der Waals surface area (Å²) in [6, 6.07) is -0.941. The van der Waals surface area contributed by atoms with Crippen molar-refractivity contribution in [2.75, 3.05) is 25.7 Å². The minimum Gasteiger partial charge on any atom is -0.464 e. The Labute approximate surface area is 184 Å². The molecule has 1 aromatic heterocycles. The number of aldehydes is 1. The molecular weight excluding hydrogens is 463 g/mol. The fraction of sp³-hybridized carbons (Fsp3) is 0.357. The molecular formula is C14H14N6O6S2V. The number of nitrogens with zero attached hydrogens (tertiary/aromatic N) is 4. The third-order valence-corrected chi connectivity index (χ3v) is 5.70. The Morgan fingerprint density at radius 1 is 1.41 bits per heavy atom. The van der Waals surface area contributed by atoms with Crippen molar-refractivity contribution in [3.8, 4) is 0 Å². The Morgan fingerprint density at radius 2 is 2.14 bits per heavy atom. The minimum atomic E-state index is -0.941. The van der Waals surface area contributed by atoms with Crippen molar-refractivity contribution in [2.45, 2.75) is 11.4 Å². The molecule has 12 nitrogen and oxygen atoms in total. The maximum atomic E-state index is 12.6. The Bertz CT molecular complexity index is 918. The molecule has 3 N–H and O–H groups in total. The molecule has 1 saturated heterocycles. The molecule has 0 bridgehead atoms. The number of thioether (sulfide) groups is 1. The summed E-state index contributed by atoms with van der Waals surface area (Å²) in [5.74, 6) is -1.96. The van der Waals surface area contributed by atoms with E-state index in [1.165, 1.54) is 18.9 Å². The maximum Gasteiger partial charge on any atom is 0.355 e. The van der Waals surface area contributed by atoms with E-state index < -0.39 is 29.2 Å². The predicted molar refractivity (Wildman–Crippen MR) is 98.0 cm³/mol. The number of ether oxygens (including phenoxy) is 1. The van der Waals surface area contributed by atoms with Gasteiger partial charge in [0, 0.05) is 41.4 Å². The number of β-lactam (4-membered cyclic amide) rings is 1. The SMILES string of the molecule is CO/N=C(\C(=O)NC1C(=O)N2C(C(=O)OC)=C(C=O)CSC12)c1nsc(N)n1.[V]. The molecule has 15 heteroatoms. The molecule has 3 rings (SSSR count). The first-order valence-electron chi connectivity index (χ1n) is 7.65. The summed E-state index contributed by atoms with van der Waals surface area (Å²) >= 11 is 2.10. The number of hydrogen-bond donors (Lipinski definition) is 2. The fourth-order valence-electron chi connectivity index (χ4n) is 2.64. The van der Waals surface area contributed by atoms with E-state index in [1.807, 2.05) is 0 Å². The van der Waals surface area contributed by atoms with Crippen molar-refractivity contribution in [1.82, 2.24) is 19.6 Å². The van der Waals surface area contributed by atoms with Crippen LogP contribution in [0.5, 0.6) is 0 Å². The van der Waals surface area contributed by atoms with Gasteiger partial charge in [-0.15, -0.1) is 11.8 Å². The first-order valence-corrected chi connectivity index (χ1v) is 9.48. The average molecular weight is 477 g/mol. The van der Waals surface area contributed by atoms with Gasteiger partial charge in [0.25, 0.3) is 11.8 Å². The average Bonchev–Trinajstić information content (AvgIpc) is 3.13. The van der Waals surface area contributed by atoms with E-state index in [-0.39, 0.29) is 52.2 Å². The molecule has 2 amide bonds. The van der Waals surface area contributed by atoms with E-state index in [2.05, 4.69) is 29.4 Å². The standard InChI is InChI=1S/C14H14N6O6S2.V/c1-25-13(24)8-5(3-21)4-27-12-7(11(23)20(8)12)16-10(22)6(18-26-2)9-17-14(15)28-19-9;/h3,7,12H,4H2,1-2H3,(H,16,22)(H2,15,17,19);/b18-6-;. The largest absolute Gasteiger partial charge is 0.464 e. The van der Waals surface area contributed by atoms with Crippen LogP contribution in [0.15, 0.2) is 16.4 Å². The number of fused-ring (bicyclic) bond motifs is 1. The smallest absolute Gasteiger partial charge is 0.355 e. The number of esters is 1. The second kappa shape index (κ2) is 9.39. The van der Waals surface area contributed by atoms with Crippen LogP contribution in [0.1, 0.15) is 5.82 Å². The minimum absolute atomic E-state index is 0. The number of nitrogens with one attached hydrogen (secondary N) is 1. The third-order valence-electron chi connectivity index (χ3n) is 3.86. The van der Waals surface area contributed by atoms with E-state index in [0.717, 1.165) is 23.5 Å². The zero-order valence-corrected chi connectivity index (χ0v) is 18.0. The zero-order chi connectivity index (χ0) is 20.4. The number of aromatic nitrogens is 2. The van der Waals surface area contributed by atoms with E-state index in [9.17, 15) is 19.2 Å². The van der Waals surface area contributed by atoms with Crippen LogP contribution in [0.2, 0.25) is 0 Å². The number of carbonyl (C=O) groups is 4. The van der Waals surface area contributed by atoms with Crippen LogP contribution in [-0.2, 0) is 47.3 Å². The van der Waals surface area contributed by atoms with Crippen LogP contribution in [0.3, 0.4) is 0 Å². The van der Waals surface area contributed by atoms with Gasteiger partial charge in [0.15, 0.2) is 5.13 Å². The second-order valence-electron chi connectivity index (χ2n) is 5.42. The maximum absolute atomic E-state index is 12.6. The van der Waals surface area contributed by atoms with Crippen molar-refractivity contribution in [3.05, 3.63) is 17.1 Å². The molecule has 0 saturated carbocycles. The van der Waals surface area contributed by atoms with E-state index in [4.69, 9.17) is 5.73 Å². The van der Waals surface area contributed by atoms with Gasteiger partial charge in [-0.05, 0) is 0 Å². The molecule has 2 aliphatic rings. The molecule has 2 unspecified atom stereocenters. The zero-order valence-electron chi connectivity index (χ0n) is 15.0. The van der Waals surface area contributed by atoms with Gasteiger partial charge < -0.3 is 20.6 Å². The van der Waals surface area contributed by atoms with Crippen LogP contribution in [0, 0.1) is 0 Å². The van der Waals surface area contributed by atoms with Crippen molar-refractivity contribution >= 4 is 58.2 Å². The summed E-state index contributed by atoms with van der Waals surface area (Å²) in [4.78, 5) is 58.0. The topological polar surface area (TPSA) is 166 Å². The molecule has 0 spiro atoms. The number of amides is 2. The fourth-order valence-corrected chi connectivity index (χ4v) is 4.36. The van der Waals surface area contributed by atoms with Crippen molar-refractivity contribution in [1.29, 1.82) is 0 Å². The van der Waals surface area contributed by atoms with Crippen LogP contribution >= 0.6 is 23.3 Å². The summed E-state index contributed by atoms with van der Waals surface area (Å²) in [5.41, 5.74) is 5.30. The molecule has 153 valence electrons. The van der Waals surface area contributed by atoms with Crippen LogP contribution < -0.4 is 11.1 Å². The van der Waals surface area contributed by atoms with Gasteiger partial charge in [-0.25, -0.2) is 4.79 Å². The van der Waals surface area contributed by atoms with Crippen molar-refractivity contribution in [3.63, 3.8) is 0 Å². The Hall–Kier alpha value is -2.42. The molecule has 0 aliphatic carbocycles. The predicted octanol–water partition coefficient (Wildman–Crippen LogP) is -1.51. The van der Waals surface area contributed by atoms with Gasteiger partial charge in [0.2, 0.25) is 11.5 Å². The number of rotatable bonds is 6. The molecule has 2 aliphatic heterocycles. The Kier molecular flexibility index (Phi) is 7.40. The van der Waals surface area contributed by atoms with Gasteiger partial charge >= 0.3 is 5.97 Å². The number of methoxy groups -OCH3 is 1. The quantitative estimate of drug-likeness (QED) is 0.162. The summed E-state index contributed by atoms with van der Waals surface area (Å²) in [6.45, 7) is 0. The molecule has 29 heavy (non-hydrogen) atoms. The molecule has 1 radical (unpaired) electrons. The van der Waals surface area contributed by atoms with Gasteiger partial charge in [-0.2, -0.15) is 9.36 Å². The van der Waals surface area contributed by atoms with Crippen molar-refractivity contribution in [2.24, 2.45) is 5.16 Å². The van der Waals surface area contributed by atoms with E-state index >= 15 is 0 Å². The molecule has 0 aromatic carbocycles. The number of nitrogen functional groups attached to an aromatic ring is 1. The van der Waals surface area contributed by atoms with Gasteiger partial charge in [0.05, 0.1) is 7.11 Å². The van der Waals surface area contributed by atoms with Gasteiger partial charge in [-0.1, -0.05) is 5.16 Å². The summed E-state index contributed by atoms with van der Waals surface area (Å²) in [7, 11) is 2.39. The van der Waals surface area contributed by atoms with E-state index in [0.29, 0.717) is 6.29 Å². The number of nitrogens with two attached hydrogens (primary N) is 1. The molecule has 1 fully saturated rings. The Morgan fingerprint density at radius 3 is 2.69 bits per heavy atom. The molecule has 2 atom stereocenters.